The van der Waals surface area contributed by atoms with Gasteiger partial charge in [-0.3, -0.25) is 0 Å². The van der Waals surface area contributed by atoms with E-state index in [4.69, 9.17) is 34.8 Å². The summed E-state index contributed by atoms with van der Waals surface area (Å²) in [6.45, 7) is 4.74. The first-order chi connectivity index (χ1) is 12.5. The van der Waals surface area contributed by atoms with Gasteiger partial charge in [-0.25, -0.2) is 0 Å². The molecule has 0 aliphatic rings. The Morgan fingerprint density at radius 3 is 2.38 bits per heavy atom. The van der Waals surface area contributed by atoms with Gasteiger partial charge in [0.25, 0.3) is 0 Å². The van der Waals surface area contributed by atoms with Crippen LogP contribution in [0.15, 0.2) is 53.6 Å². The molecule has 0 amide bonds. The Hall–Kier alpha value is -1.94. The lowest BCUT2D eigenvalue weighted by Crippen LogP contribution is -2.05. The first-order valence-electron chi connectivity index (χ1n) is 8.10. The summed E-state index contributed by atoms with van der Waals surface area (Å²) >= 11 is 18.1. The van der Waals surface area contributed by atoms with Gasteiger partial charge >= 0.3 is 0 Å². The minimum absolute atomic E-state index is 0.538. The predicted octanol–water partition coefficient (Wildman–Crippen LogP) is 6.18. The highest BCUT2D eigenvalue weighted by Gasteiger charge is 2.10. The molecule has 0 saturated heterocycles. The molecule has 0 spiro atoms. The fourth-order valence-corrected chi connectivity index (χ4v) is 3.21. The molecule has 0 aliphatic heterocycles. The van der Waals surface area contributed by atoms with Crippen LogP contribution in [-0.4, -0.2) is 10.8 Å². The smallest absolute Gasteiger partial charge is 0.0613 e. The molecule has 0 bridgehead atoms. The molecular weight excluding hydrogens is 389 g/mol. The average Bonchev–Trinajstić information content (AvgIpc) is 2.90. The largest absolute Gasteiger partial charge is 0.318 e. The van der Waals surface area contributed by atoms with Gasteiger partial charge < -0.3 is 9.99 Å². The lowest BCUT2D eigenvalue weighted by molar-refractivity contribution is 0.748. The molecule has 3 rings (SSSR count). The Morgan fingerprint density at radius 2 is 1.69 bits per heavy atom. The molecular formula is C20H18Cl3N3. The highest BCUT2D eigenvalue weighted by molar-refractivity contribution is 6.42. The molecule has 3 nitrogen and oxygen atoms in total. The van der Waals surface area contributed by atoms with E-state index in [-0.39, 0.29) is 0 Å². The van der Waals surface area contributed by atoms with Crippen molar-refractivity contribution in [2.45, 2.75) is 20.4 Å². The highest BCUT2D eigenvalue weighted by atomic mass is 35.5. The molecule has 0 fully saturated rings. The van der Waals surface area contributed by atoms with E-state index in [1.54, 1.807) is 6.07 Å². The molecule has 0 radical (unpaired) electrons. The van der Waals surface area contributed by atoms with Crippen molar-refractivity contribution >= 4 is 41.0 Å². The van der Waals surface area contributed by atoms with E-state index in [0.717, 1.165) is 33.2 Å². The van der Waals surface area contributed by atoms with Gasteiger partial charge in [0, 0.05) is 27.7 Å². The number of hydrogen-bond acceptors (Lipinski definition) is 2. The second-order valence-corrected chi connectivity index (χ2v) is 7.23. The van der Waals surface area contributed by atoms with E-state index in [1.807, 2.05) is 49.5 Å². The van der Waals surface area contributed by atoms with Gasteiger partial charge in [-0.15, -0.1) is 0 Å². The Kier molecular flexibility index (Phi) is 5.92. The zero-order valence-electron chi connectivity index (χ0n) is 14.4. The summed E-state index contributed by atoms with van der Waals surface area (Å²) in [5, 5.41) is 6.15. The fourth-order valence-electron chi connectivity index (χ4n) is 2.79. The number of rotatable bonds is 5. The number of halogens is 3. The second kappa shape index (κ2) is 8.17. The lowest BCUT2D eigenvalue weighted by Gasteiger charge is -2.10. The van der Waals surface area contributed by atoms with E-state index in [2.05, 4.69) is 28.1 Å². The third-order valence-electron chi connectivity index (χ3n) is 4.12. The number of hydrazone groups is 1. The maximum Gasteiger partial charge on any atom is 0.0613 e. The van der Waals surface area contributed by atoms with Crippen molar-refractivity contribution in [3.63, 3.8) is 0 Å². The zero-order chi connectivity index (χ0) is 18.7. The topological polar surface area (TPSA) is 29.3 Å². The van der Waals surface area contributed by atoms with Crippen LogP contribution in [0.4, 0.5) is 0 Å². The maximum absolute atomic E-state index is 6.16. The van der Waals surface area contributed by atoms with E-state index >= 15 is 0 Å². The molecule has 0 atom stereocenters. The number of hydrogen-bond donors (Lipinski definition) is 1. The molecule has 1 aromatic heterocycles. The molecule has 1 heterocycles. The number of nitrogens with zero attached hydrogens (tertiary/aromatic N) is 2. The number of aromatic nitrogens is 1. The van der Waals surface area contributed by atoms with E-state index in [1.165, 1.54) is 0 Å². The van der Waals surface area contributed by atoms with Crippen LogP contribution >= 0.6 is 34.8 Å². The molecule has 134 valence electrons. The predicted molar refractivity (Wildman–Crippen MR) is 111 cm³/mol. The summed E-state index contributed by atoms with van der Waals surface area (Å²) in [6.07, 6.45) is 1.83. The summed E-state index contributed by atoms with van der Waals surface area (Å²) in [4.78, 5) is 0. The number of benzene rings is 2. The number of aryl methyl sites for hydroxylation is 1. The van der Waals surface area contributed by atoms with Gasteiger partial charge in [0.2, 0.25) is 0 Å². The zero-order valence-corrected chi connectivity index (χ0v) is 16.7. The van der Waals surface area contributed by atoms with Crippen LogP contribution in [0, 0.1) is 13.8 Å². The molecule has 2 aromatic carbocycles. The first kappa shape index (κ1) is 18.8. The van der Waals surface area contributed by atoms with Crippen LogP contribution in [0.25, 0.3) is 5.69 Å². The second-order valence-electron chi connectivity index (χ2n) is 5.98. The van der Waals surface area contributed by atoms with Gasteiger partial charge in [-0.2, -0.15) is 5.10 Å². The maximum atomic E-state index is 6.16. The molecule has 1 N–H and O–H groups in total. The molecule has 6 heteroatoms. The average molecular weight is 407 g/mol. The van der Waals surface area contributed by atoms with Crippen LogP contribution < -0.4 is 5.43 Å². The van der Waals surface area contributed by atoms with Crippen molar-refractivity contribution < 1.29 is 0 Å². The van der Waals surface area contributed by atoms with Crippen molar-refractivity contribution in [1.82, 2.24) is 9.99 Å². The molecule has 0 aliphatic carbocycles. The Morgan fingerprint density at radius 1 is 0.962 bits per heavy atom. The van der Waals surface area contributed by atoms with Crippen LogP contribution in [-0.2, 0) is 6.54 Å². The monoisotopic (exact) mass is 405 g/mol. The van der Waals surface area contributed by atoms with Gasteiger partial charge in [-0.05, 0) is 55.8 Å². The summed E-state index contributed by atoms with van der Waals surface area (Å²) in [5.41, 5.74) is 8.37. The van der Waals surface area contributed by atoms with Gasteiger partial charge in [0.15, 0.2) is 0 Å². The lowest BCUT2D eigenvalue weighted by atomic mass is 10.2. The van der Waals surface area contributed by atoms with Crippen LogP contribution in [0.5, 0.6) is 0 Å². The Labute approximate surface area is 168 Å². The normalized spacial score (nSPS) is 11.3. The van der Waals surface area contributed by atoms with E-state index in [0.29, 0.717) is 16.6 Å². The van der Waals surface area contributed by atoms with Gasteiger partial charge in [0.05, 0.1) is 22.8 Å². The Balaban J connectivity index is 1.75. The third kappa shape index (κ3) is 4.24. The summed E-state index contributed by atoms with van der Waals surface area (Å²) in [5.74, 6) is 0. The van der Waals surface area contributed by atoms with Crippen LogP contribution in [0.1, 0.15) is 22.5 Å². The van der Waals surface area contributed by atoms with Crippen molar-refractivity contribution in [3.05, 3.63) is 86.1 Å². The SMILES string of the molecule is Cc1cc(/C=N\NCc2ccc(Cl)cc2)c(C)n1-c1ccc(Cl)c(Cl)c1. The third-order valence-corrected chi connectivity index (χ3v) is 5.11. The van der Waals surface area contributed by atoms with E-state index < -0.39 is 0 Å². The molecule has 3 aromatic rings. The van der Waals surface area contributed by atoms with Gasteiger partial charge in [0.1, 0.15) is 0 Å². The summed E-state index contributed by atoms with van der Waals surface area (Å²) < 4.78 is 2.13. The molecule has 0 saturated carbocycles. The Bertz CT molecular complexity index is 944. The molecule has 0 unspecified atom stereocenters. The van der Waals surface area contributed by atoms with Crippen molar-refractivity contribution in [2.75, 3.05) is 0 Å². The van der Waals surface area contributed by atoms with Crippen molar-refractivity contribution in [1.29, 1.82) is 0 Å². The standard InChI is InChI=1S/C20H18Cl3N3/c1-13-9-16(12-25-24-11-15-3-5-17(21)6-4-15)14(2)26(13)18-7-8-19(22)20(23)10-18/h3-10,12,24H,11H2,1-2H3/b25-12-. The van der Waals surface area contributed by atoms with Crippen molar-refractivity contribution in [3.8, 4) is 5.69 Å². The quantitative estimate of drug-likeness (QED) is 0.398. The summed E-state index contributed by atoms with van der Waals surface area (Å²) in [7, 11) is 0. The minimum atomic E-state index is 0.538. The summed E-state index contributed by atoms with van der Waals surface area (Å²) in [6, 6.07) is 15.4. The molecule has 26 heavy (non-hydrogen) atoms. The van der Waals surface area contributed by atoms with Gasteiger partial charge in [-0.1, -0.05) is 46.9 Å². The highest BCUT2D eigenvalue weighted by Crippen LogP contribution is 2.27. The van der Waals surface area contributed by atoms with Crippen molar-refractivity contribution in [2.24, 2.45) is 5.10 Å². The fraction of sp³-hybridized carbons (Fsp3) is 0.150. The van der Waals surface area contributed by atoms with E-state index in [9.17, 15) is 0 Å². The number of nitrogens with one attached hydrogen (secondary N) is 1. The van der Waals surface area contributed by atoms with Crippen LogP contribution in [0.3, 0.4) is 0 Å². The first-order valence-corrected chi connectivity index (χ1v) is 9.24. The minimum Gasteiger partial charge on any atom is -0.318 e. The van der Waals surface area contributed by atoms with Crippen LogP contribution in [0.2, 0.25) is 15.1 Å².